The van der Waals surface area contributed by atoms with Gasteiger partial charge in [0.25, 0.3) is 0 Å². The molecule has 0 saturated heterocycles. The van der Waals surface area contributed by atoms with Crippen LogP contribution in [-0.4, -0.2) is 42.2 Å². The lowest BCUT2D eigenvalue weighted by molar-refractivity contribution is -0.139. The number of carbonyl (C=O) groups is 2. The van der Waals surface area contributed by atoms with Crippen molar-refractivity contribution < 1.29 is 14.3 Å². The second-order valence-corrected chi connectivity index (χ2v) is 9.40. The summed E-state index contributed by atoms with van der Waals surface area (Å²) >= 11 is 1.56. The number of nitrogens with one attached hydrogen (secondary N) is 1. The Morgan fingerprint density at radius 3 is 2.41 bits per heavy atom. The lowest BCUT2D eigenvalue weighted by Crippen LogP contribution is -2.50. The van der Waals surface area contributed by atoms with E-state index in [2.05, 4.69) is 25.2 Å². The second kappa shape index (κ2) is 13.2. The Bertz CT molecular complexity index is 868. The lowest BCUT2D eigenvalue weighted by Gasteiger charge is -2.31. The minimum atomic E-state index is -0.483. The first-order chi connectivity index (χ1) is 15.3. The van der Waals surface area contributed by atoms with Crippen molar-refractivity contribution in [1.29, 1.82) is 0 Å². The molecule has 0 fully saturated rings. The summed E-state index contributed by atoms with van der Waals surface area (Å²) in [5.41, 5.74) is 3.31. The third-order valence-electron chi connectivity index (χ3n) is 5.16. The minimum absolute atomic E-state index is 0.0171. The molecule has 1 atom stereocenters. The Morgan fingerprint density at radius 1 is 1.09 bits per heavy atom. The van der Waals surface area contributed by atoms with Crippen molar-refractivity contribution in [3.05, 3.63) is 65.2 Å². The Labute approximate surface area is 196 Å². The molecule has 0 aromatic heterocycles. The number of benzene rings is 2. The number of ether oxygens (including phenoxy) is 1. The van der Waals surface area contributed by atoms with Gasteiger partial charge in [0.15, 0.2) is 0 Å². The summed E-state index contributed by atoms with van der Waals surface area (Å²) in [5.74, 6) is 2.13. The number of thioether (sulfide) groups is 1. The van der Waals surface area contributed by atoms with Crippen molar-refractivity contribution in [2.45, 2.75) is 52.5 Å². The van der Waals surface area contributed by atoms with E-state index >= 15 is 0 Å². The van der Waals surface area contributed by atoms with Gasteiger partial charge >= 0.3 is 0 Å². The molecule has 0 spiro atoms. The van der Waals surface area contributed by atoms with Crippen molar-refractivity contribution in [3.8, 4) is 5.75 Å². The smallest absolute Gasteiger partial charge is 0.242 e. The molecule has 174 valence electrons. The highest BCUT2D eigenvalue weighted by molar-refractivity contribution is 7.99. The van der Waals surface area contributed by atoms with Crippen molar-refractivity contribution in [3.63, 3.8) is 0 Å². The zero-order valence-electron chi connectivity index (χ0n) is 19.9. The zero-order chi connectivity index (χ0) is 23.5. The maximum absolute atomic E-state index is 13.3. The number of amides is 2. The molecule has 2 aromatic rings. The van der Waals surface area contributed by atoms with Crippen LogP contribution < -0.4 is 10.1 Å². The second-order valence-electron chi connectivity index (χ2n) is 8.41. The molecule has 32 heavy (non-hydrogen) atoms. The highest BCUT2D eigenvalue weighted by Gasteiger charge is 2.28. The van der Waals surface area contributed by atoms with Crippen molar-refractivity contribution in [1.82, 2.24) is 10.2 Å². The number of methoxy groups -OCH3 is 1. The molecule has 0 aliphatic heterocycles. The van der Waals surface area contributed by atoms with Crippen LogP contribution in [0.15, 0.2) is 48.5 Å². The summed E-state index contributed by atoms with van der Waals surface area (Å²) in [4.78, 5) is 27.9. The largest absolute Gasteiger partial charge is 0.497 e. The molecule has 2 amide bonds. The fourth-order valence-corrected chi connectivity index (χ4v) is 4.28. The van der Waals surface area contributed by atoms with E-state index < -0.39 is 6.04 Å². The molecule has 6 heteroatoms. The Hall–Kier alpha value is -2.47. The monoisotopic (exact) mass is 456 g/mol. The maximum atomic E-state index is 13.3. The van der Waals surface area contributed by atoms with Crippen molar-refractivity contribution in [2.75, 3.05) is 19.4 Å². The lowest BCUT2D eigenvalue weighted by atomic mass is 10.1. The van der Waals surface area contributed by atoms with Crippen LogP contribution in [0.1, 0.15) is 43.9 Å². The normalized spacial score (nSPS) is 11.8. The summed E-state index contributed by atoms with van der Waals surface area (Å²) < 4.78 is 5.20. The molecule has 0 aliphatic rings. The predicted molar refractivity (Wildman–Crippen MR) is 133 cm³/mol. The molecule has 0 aliphatic carbocycles. The molecular weight excluding hydrogens is 420 g/mol. The standard InChI is InChI=1S/C26H36N2O3S/c1-6-24(26(30)27-15-19(2)3)28(16-22-9-7-8-20(4)14-22)25(29)18-32-17-21-10-12-23(31-5)13-11-21/h7-14,19,24H,6,15-18H2,1-5H3,(H,27,30)/t24-/m0/s1. The van der Waals surface area contributed by atoms with E-state index in [0.29, 0.717) is 31.2 Å². The molecule has 0 radical (unpaired) electrons. The van der Waals surface area contributed by atoms with E-state index in [1.54, 1.807) is 23.8 Å². The van der Waals surface area contributed by atoms with Gasteiger partial charge in [0.1, 0.15) is 11.8 Å². The average Bonchev–Trinajstić information content (AvgIpc) is 2.78. The SMILES string of the molecule is CC[C@@H](C(=O)NCC(C)C)N(Cc1cccc(C)c1)C(=O)CSCc1ccc(OC)cc1. The van der Waals surface area contributed by atoms with Crippen LogP contribution in [0.2, 0.25) is 0 Å². The van der Waals surface area contributed by atoms with Crippen LogP contribution >= 0.6 is 11.8 Å². The molecule has 1 N–H and O–H groups in total. The topological polar surface area (TPSA) is 58.6 Å². The summed E-state index contributed by atoms with van der Waals surface area (Å²) in [5, 5.41) is 3.01. The minimum Gasteiger partial charge on any atom is -0.497 e. The van der Waals surface area contributed by atoms with E-state index in [-0.39, 0.29) is 11.8 Å². The highest BCUT2D eigenvalue weighted by atomic mass is 32.2. The van der Waals surface area contributed by atoms with Crippen LogP contribution in [0.5, 0.6) is 5.75 Å². The van der Waals surface area contributed by atoms with Gasteiger partial charge in [0.2, 0.25) is 11.8 Å². The number of carbonyl (C=O) groups excluding carboxylic acids is 2. The molecule has 0 bridgehead atoms. The van der Waals surface area contributed by atoms with Gasteiger partial charge in [-0.3, -0.25) is 9.59 Å². The van der Waals surface area contributed by atoms with E-state index in [9.17, 15) is 9.59 Å². The predicted octanol–water partition coefficient (Wildman–Crippen LogP) is 4.82. The number of rotatable bonds is 12. The van der Waals surface area contributed by atoms with Gasteiger partial charge in [-0.15, -0.1) is 11.8 Å². The summed E-state index contributed by atoms with van der Waals surface area (Å²) in [6, 6.07) is 15.5. The molecule has 0 heterocycles. The average molecular weight is 457 g/mol. The number of nitrogens with zero attached hydrogens (tertiary/aromatic N) is 1. The Balaban J connectivity index is 2.10. The number of hydrogen-bond donors (Lipinski definition) is 1. The summed E-state index contributed by atoms with van der Waals surface area (Å²) in [7, 11) is 1.65. The van der Waals surface area contributed by atoms with Crippen LogP contribution in [0.4, 0.5) is 0 Å². The van der Waals surface area contributed by atoms with E-state index in [4.69, 9.17) is 4.74 Å². The van der Waals surface area contributed by atoms with E-state index in [1.165, 1.54) is 0 Å². The third-order valence-corrected chi connectivity index (χ3v) is 6.15. The third kappa shape index (κ3) is 8.23. The van der Waals surface area contributed by atoms with Crippen molar-refractivity contribution in [2.24, 2.45) is 5.92 Å². The first-order valence-corrected chi connectivity index (χ1v) is 12.3. The van der Waals surface area contributed by atoms with Crippen LogP contribution in [0.3, 0.4) is 0 Å². The Kier molecular flexibility index (Phi) is 10.6. The fraction of sp³-hybridized carbons (Fsp3) is 0.462. The molecule has 0 unspecified atom stereocenters. The number of hydrogen-bond acceptors (Lipinski definition) is 4. The molecule has 2 rings (SSSR count). The van der Waals surface area contributed by atoms with Crippen LogP contribution in [-0.2, 0) is 21.9 Å². The van der Waals surface area contributed by atoms with Gasteiger partial charge in [-0.25, -0.2) is 0 Å². The van der Waals surface area contributed by atoms with Gasteiger partial charge in [-0.2, -0.15) is 0 Å². The molecule has 5 nitrogen and oxygen atoms in total. The molecular formula is C26H36N2O3S. The van der Waals surface area contributed by atoms with Gasteiger partial charge < -0.3 is 15.0 Å². The van der Waals surface area contributed by atoms with Gasteiger partial charge in [0, 0.05) is 18.8 Å². The number of aryl methyl sites for hydroxylation is 1. The van der Waals surface area contributed by atoms with Crippen LogP contribution in [0.25, 0.3) is 0 Å². The van der Waals surface area contributed by atoms with Crippen molar-refractivity contribution >= 4 is 23.6 Å². The van der Waals surface area contributed by atoms with E-state index in [1.807, 2.05) is 56.3 Å². The summed E-state index contributed by atoms with van der Waals surface area (Å²) in [6.07, 6.45) is 0.574. The van der Waals surface area contributed by atoms with Gasteiger partial charge in [-0.1, -0.05) is 62.7 Å². The first-order valence-electron chi connectivity index (χ1n) is 11.2. The summed E-state index contributed by atoms with van der Waals surface area (Å²) in [6.45, 7) is 9.15. The molecule has 0 saturated carbocycles. The Morgan fingerprint density at radius 2 is 1.81 bits per heavy atom. The fourth-order valence-electron chi connectivity index (χ4n) is 3.41. The highest BCUT2D eigenvalue weighted by Crippen LogP contribution is 2.19. The maximum Gasteiger partial charge on any atom is 0.242 e. The van der Waals surface area contributed by atoms with Gasteiger partial charge in [-0.05, 0) is 42.5 Å². The van der Waals surface area contributed by atoms with Crippen LogP contribution in [0, 0.1) is 12.8 Å². The van der Waals surface area contributed by atoms with Gasteiger partial charge in [0.05, 0.1) is 12.9 Å². The first kappa shape index (κ1) is 25.8. The molecule has 2 aromatic carbocycles. The quantitative estimate of drug-likeness (QED) is 0.498. The zero-order valence-corrected chi connectivity index (χ0v) is 20.7. The van der Waals surface area contributed by atoms with E-state index in [0.717, 1.165) is 28.2 Å².